The average Bonchev–Trinajstić information content (AvgIpc) is 3.45. The van der Waals surface area contributed by atoms with Crippen LogP contribution >= 0.6 is 0 Å². The maximum absolute atomic E-state index is 12.9. The van der Waals surface area contributed by atoms with Crippen LogP contribution in [0.15, 0.2) is 52.9 Å². The molecule has 0 bridgehead atoms. The lowest BCUT2D eigenvalue weighted by atomic mass is 9.45. The second kappa shape index (κ2) is 9.17. The van der Waals surface area contributed by atoms with Crippen molar-refractivity contribution in [3.05, 3.63) is 48.5 Å². The molecule has 5 rings (SSSR count). The monoisotopic (exact) mass is 484 g/mol. The summed E-state index contributed by atoms with van der Waals surface area (Å²) in [6, 6.07) is 3.67. The highest BCUT2D eigenvalue weighted by Crippen LogP contribution is 2.67. The molecule has 7 nitrogen and oxygen atoms in total. The Labute approximate surface area is 206 Å². The maximum atomic E-state index is 12.9. The van der Waals surface area contributed by atoms with Crippen LogP contribution < -0.4 is 0 Å². The quantitative estimate of drug-likeness (QED) is 0.630. The summed E-state index contributed by atoms with van der Waals surface area (Å²) in [7, 11) is 0. The van der Waals surface area contributed by atoms with Crippen LogP contribution in [0.3, 0.4) is 0 Å². The van der Waals surface area contributed by atoms with Gasteiger partial charge in [-0.05, 0) is 67.7 Å². The van der Waals surface area contributed by atoms with Gasteiger partial charge in [-0.2, -0.15) is 0 Å². The molecule has 1 heterocycles. The zero-order valence-corrected chi connectivity index (χ0v) is 20.9. The van der Waals surface area contributed by atoms with Crippen LogP contribution in [-0.2, 0) is 19.1 Å². The zero-order valence-electron chi connectivity index (χ0n) is 20.9. The SMILES string of the molecule is CC(=O)OCC(=O)[C@@]1(O)CC[C@H]2[C@@H]3C[C@H](C)C4=CC(=O)C=C[C@]4(C)[C@H]3[C@@H](O)C[C@@]21C.c1ccoc1. The smallest absolute Gasteiger partial charge is 0.303 e. The summed E-state index contributed by atoms with van der Waals surface area (Å²) in [6.07, 6.45) is 9.96. The number of aliphatic hydroxyl groups is 2. The summed E-state index contributed by atoms with van der Waals surface area (Å²) in [5, 5.41) is 22.9. The first kappa shape index (κ1) is 25.6. The van der Waals surface area contributed by atoms with Gasteiger partial charge in [0.2, 0.25) is 5.78 Å². The Morgan fingerprint density at radius 3 is 2.51 bits per heavy atom. The van der Waals surface area contributed by atoms with Crippen LogP contribution in [0.25, 0.3) is 0 Å². The van der Waals surface area contributed by atoms with Crippen molar-refractivity contribution in [2.24, 2.45) is 34.5 Å². The molecule has 0 spiro atoms. The first-order chi connectivity index (χ1) is 16.4. The fourth-order valence-electron chi connectivity index (χ4n) is 7.73. The van der Waals surface area contributed by atoms with Crippen LogP contribution in [0.1, 0.15) is 53.4 Å². The number of carbonyl (C=O) groups is 3. The van der Waals surface area contributed by atoms with Crippen LogP contribution in [0.2, 0.25) is 0 Å². The molecule has 2 N–H and O–H groups in total. The number of esters is 1. The highest BCUT2D eigenvalue weighted by Gasteiger charge is 2.68. The molecule has 7 heteroatoms. The van der Waals surface area contributed by atoms with Gasteiger partial charge >= 0.3 is 5.97 Å². The topological polar surface area (TPSA) is 114 Å². The number of allylic oxidation sites excluding steroid dienone is 4. The zero-order chi connectivity index (χ0) is 25.6. The molecular formula is C28H36O7. The minimum absolute atomic E-state index is 0.00535. The van der Waals surface area contributed by atoms with Gasteiger partial charge in [-0.1, -0.05) is 32.4 Å². The first-order valence-corrected chi connectivity index (χ1v) is 12.4. The minimum atomic E-state index is -1.61. The molecular weight excluding hydrogens is 448 g/mol. The van der Waals surface area contributed by atoms with Gasteiger partial charge < -0.3 is 19.4 Å². The van der Waals surface area contributed by atoms with E-state index in [2.05, 4.69) is 18.3 Å². The predicted molar refractivity (Wildman–Crippen MR) is 128 cm³/mol. The number of aliphatic hydroxyl groups excluding tert-OH is 1. The number of ether oxygens (including phenoxy) is 1. The molecule has 1 aromatic heterocycles. The minimum Gasteiger partial charge on any atom is -0.473 e. The summed E-state index contributed by atoms with van der Waals surface area (Å²) in [4.78, 5) is 36.1. The predicted octanol–water partition coefficient (Wildman–Crippen LogP) is 3.65. The van der Waals surface area contributed by atoms with E-state index in [1.807, 2.05) is 25.1 Å². The number of fused-ring (bicyclic) bond motifs is 5. The fourth-order valence-corrected chi connectivity index (χ4v) is 7.73. The van der Waals surface area contributed by atoms with Crippen molar-refractivity contribution in [1.82, 2.24) is 0 Å². The highest BCUT2D eigenvalue weighted by molar-refractivity contribution is 6.01. The molecule has 0 saturated heterocycles. The number of hydrogen-bond acceptors (Lipinski definition) is 7. The van der Waals surface area contributed by atoms with Crippen molar-refractivity contribution < 1.29 is 33.8 Å². The van der Waals surface area contributed by atoms with Gasteiger partial charge in [0.15, 0.2) is 12.4 Å². The summed E-state index contributed by atoms with van der Waals surface area (Å²) in [5.74, 6) is -0.712. The Morgan fingerprint density at radius 1 is 1.23 bits per heavy atom. The molecule has 0 aromatic carbocycles. The van der Waals surface area contributed by atoms with Crippen LogP contribution in [0, 0.1) is 34.5 Å². The van der Waals surface area contributed by atoms with Crippen molar-refractivity contribution in [3.63, 3.8) is 0 Å². The second-order valence-electron chi connectivity index (χ2n) is 11.1. The largest absolute Gasteiger partial charge is 0.473 e. The molecule has 8 atom stereocenters. The molecule has 4 aliphatic carbocycles. The Bertz CT molecular complexity index is 1020. The summed E-state index contributed by atoms with van der Waals surface area (Å²) < 4.78 is 9.48. The van der Waals surface area contributed by atoms with E-state index in [4.69, 9.17) is 4.74 Å². The average molecular weight is 485 g/mol. The molecule has 0 unspecified atom stereocenters. The van der Waals surface area contributed by atoms with Crippen LogP contribution in [-0.4, -0.2) is 46.1 Å². The lowest BCUT2D eigenvalue weighted by molar-refractivity contribution is -0.182. The van der Waals surface area contributed by atoms with E-state index in [0.29, 0.717) is 19.3 Å². The number of hydrogen-bond donors (Lipinski definition) is 2. The van der Waals surface area contributed by atoms with E-state index in [1.54, 1.807) is 24.7 Å². The standard InChI is InChI=1S/C24H32O6.C4H4O/c1-13-9-16-17-6-8-24(29,20(28)12-30-14(2)25)23(17,4)11-19(27)21(16)22(3)7-5-15(26)10-18(13)22;1-2-4-5-3-1/h5,7,10,13,16-17,19,21,27,29H,6,8-9,11-12H2,1-4H3;1-4H/t13-,16-,17-,19-,21+,22-,23-,24-;/m0./s1. The van der Waals surface area contributed by atoms with Crippen molar-refractivity contribution in [1.29, 1.82) is 0 Å². The van der Waals surface area contributed by atoms with Gasteiger partial charge in [0.1, 0.15) is 5.60 Å². The van der Waals surface area contributed by atoms with Crippen molar-refractivity contribution >= 4 is 17.5 Å². The van der Waals surface area contributed by atoms with E-state index < -0.39 is 40.9 Å². The maximum Gasteiger partial charge on any atom is 0.303 e. The number of ketones is 2. The third kappa shape index (κ3) is 4.12. The Hall–Kier alpha value is -2.51. The lowest BCUT2D eigenvalue weighted by Crippen LogP contribution is -2.62. The second-order valence-corrected chi connectivity index (χ2v) is 11.1. The number of Topliss-reactive ketones (excluding diaryl/α,β-unsaturated/α-hetero) is 1. The van der Waals surface area contributed by atoms with E-state index in [1.165, 1.54) is 6.92 Å². The Kier molecular flexibility index (Phi) is 6.70. The molecule has 3 saturated carbocycles. The van der Waals surface area contributed by atoms with Gasteiger partial charge in [0.05, 0.1) is 18.6 Å². The van der Waals surface area contributed by atoms with Gasteiger partial charge in [0, 0.05) is 23.7 Å². The number of carbonyl (C=O) groups excluding carboxylic acids is 3. The van der Waals surface area contributed by atoms with E-state index in [-0.39, 0.29) is 29.5 Å². The number of rotatable bonds is 3. The summed E-state index contributed by atoms with van der Waals surface area (Å²) in [5.41, 5.74) is -1.72. The Morgan fingerprint density at radius 2 is 1.91 bits per heavy atom. The van der Waals surface area contributed by atoms with Crippen molar-refractivity contribution in [3.8, 4) is 0 Å². The molecule has 3 fully saturated rings. The normalized spacial score (nSPS) is 41.5. The third-order valence-corrected chi connectivity index (χ3v) is 9.26. The van der Waals surface area contributed by atoms with Crippen molar-refractivity contribution in [2.75, 3.05) is 6.61 Å². The Balaban J connectivity index is 0.000000514. The molecule has 0 radical (unpaired) electrons. The lowest BCUT2D eigenvalue weighted by Gasteiger charge is -2.60. The molecule has 0 aliphatic heterocycles. The van der Waals surface area contributed by atoms with Crippen molar-refractivity contribution in [2.45, 2.75) is 65.1 Å². The summed E-state index contributed by atoms with van der Waals surface area (Å²) >= 11 is 0. The number of furan rings is 1. The molecule has 190 valence electrons. The van der Waals surface area contributed by atoms with E-state index >= 15 is 0 Å². The van der Waals surface area contributed by atoms with Gasteiger partial charge in [-0.3, -0.25) is 14.4 Å². The van der Waals surface area contributed by atoms with Crippen LogP contribution in [0.4, 0.5) is 0 Å². The molecule has 35 heavy (non-hydrogen) atoms. The van der Waals surface area contributed by atoms with Gasteiger partial charge in [0.25, 0.3) is 0 Å². The van der Waals surface area contributed by atoms with Gasteiger partial charge in [-0.25, -0.2) is 0 Å². The summed E-state index contributed by atoms with van der Waals surface area (Å²) in [6.45, 7) is 6.94. The molecule has 4 aliphatic rings. The first-order valence-electron chi connectivity index (χ1n) is 12.4. The fraction of sp³-hybridized carbons (Fsp3) is 0.607. The van der Waals surface area contributed by atoms with Crippen LogP contribution in [0.5, 0.6) is 0 Å². The molecule has 0 amide bonds. The molecule has 1 aromatic rings. The van der Waals surface area contributed by atoms with E-state index in [0.717, 1.165) is 12.0 Å². The highest BCUT2D eigenvalue weighted by atomic mass is 16.5. The van der Waals surface area contributed by atoms with E-state index in [9.17, 15) is 24.6 Å². The third-order valence-electron chi connectivity index (χ3n) is 9.26. The van der Waals surface area contributed by atoms with Gasteiger partial charge in [-0.15, -0.1) is 0 Å².